The molecule has 3 N–H and O–H groups in total. The Kier molecular flexibility index (Phi) is 5.10. The van der Waals surface area contributed by atoms with Gasteiger partial charge in [0.05, 0.1) is 0 Å². The maximum atomic E-state index is 11.6. The number of rotatable bonds is 5. The van der Waals surface area contributed by atoms with Crippen LogP contribution in [0.1, 0.15) is 30.8 Å². The van der Waals surface area contributed by atoms with Gasteiger partial charge >= 0.3 is 0 Å². The lowest BCUT2D eigenvalue weighted by atomic mass is 10.3. The molecule has 6 heteroatoms. The third kappa shape index (κ3) is 4.82. The first-order valence-corrected chi connectivity index (χ1v) is 5.76. The van der Waals surface area contributed by atoms with Gasteiger partial charge < -0.3 is 15.6 Å². The Morgan fingerprint density at radius 1 is 1.33 bits per heavy atom. The number of nitrogens with one attached hydrogen (secondary N) is 3. The Morgan fingerprint density at radius 3 is 2.67 bits per heavy atom. The van der Waals surface area contributed by atoms with Crippen LogP contribution in [-0.4, -0.2) is 29.4 Å². The molecule has 0 unspecified atom stereocenters. The summed E-state index contributed by atoms with van der Waals surface area (Å²) in [5.41, 5.74) is -0.146. The molecule has 0 bridgehead atoms. The molecule has 0 saturated heterocycles. The number of amides is 2. The maximum Gasteiger partial charge on any atom is 0.267 e. The number of hydrogen-bond acceptors (Lipinski definition) is 3. The zero-order chi connectivity index (χ0) is 13.5. The van der Waals surface area contributed by atoms with Crippen LogP contribution in [0.25, 0.3) is 0 Å². The molecule has 6 nitrogen and oxygen atoms in total. The Labute approximate surface area is 105 Å². The van der Waals surface area contributed by atoms with E-state index in [0.717, 1.165) is 0 Å². The summed E-state index contributed by atoms with van der Waals surface area (Å²) < 4.78 is 0. The SMILES string of the molecule is CC(C)NC(=O)CCNC(=O)c1cccc(=O)[nH]1. The summed E-state index contributed by atoms with van der Waals surface area (Å²) >= 11 is 0. The standard InChI is InChI=1S/C12H17N3O3/c1-8(2)14-11(17)6-7-13-12(18)9-4-3-5-10(16)15-9/h3-5,8H,6-7H2,1-2H3,(H,13,18)(H,14,17)(H,15,16). The first-order valence-electron chi connectivity index (χ1n) is 5.76. The van der Waals surface area contributed by atoms with Crippen LogP contribution in [-0.2, 0) is 4.79 Å². The number of aromatic amines is 1. The van der Waals surface area contributed by atoms with E-state index in [9.17, 15) is 14.4 Å². The van der Waals surface area contributed by atoms with Crippen molar-refractivity contribution in [1.29, 1.82) is 0 Å². The minimum absolute atomic E-state index is 0.0821. The maximum absolute atomic E-state index is 11.6. The molecule has 0 radical (unpaired) electrons. The second-order valence-electron chi connectivity index (χ2n) is 4.16. The van der Waals surface area contributed by atoms with Crippen LogP contribution in [0.15, 0.2) is 23.0 Å². The van der Waals surface area contributed by atoms with Gasteiger partial charge in [-0.3, -0.25) is 14.4 Å². The molecule has 2 amide bonds. The number of carbonyl (C=O) groups excluding carboxylic acids is 2. The molecule has 0 saturated carbocycles. The van der Waals surface area contributed by atoms with Gasteiger partial charge in [-0.2, -0.15) is 0 Å². The van der Waals surface area contributed by atoms with Crippen LogP contribution in [0, 0.1) is 0 Å². The predicted molar refractivity (Wildman–Crippen MR) is 67.3 cm³/mol. The summed E-state index contributed by atoms with van der Waals surface area (Å²) in [6, 6.07) is 4.41. The van der Waals surface area contributed by atoms with Gasteiger partial charge in [-0.1, -0.05) is 6.07 Å². The summed E-state index contributed by atoms with van der Waals surface area (Å²) in [5.74, 6) is -0.517. The van der Waals surface area contributed by atoms with E-state index >= 15 is 0 Å². The molecule has 0 aliphatic rings. The molecule has 1 heterocycles. The highest BCUT2D eigenvalue weighted by molar-refractivity contribution is 5.92. The molecule has 0 fully saturated rings. The van der Waals surface area contributed by atoms with Gasteiger partial charge in [0, 0.05) is 25.1 Å². The molecule has 0 aromatic carbocycles. The Balaban J connectivity index is 2.38. The molecule has 0 atom stereocenters. The van der Waals surface area contributed by atoms with Gasteiger partial charge in [0.25, 0.3) is 5.91 Å². The summed E-state index contributed by atoms with van der Waals surface area (Å²) in [7, 11) is 0. The van der Waals surface area contributed by atoms with Crippen LogP contribution in [0.4, 0.5) is 0 Å². The van der Waals surface area contributed by atoms with Crippen molar-refractivity contribution in [3.8, 4) is 0 Å². The van der Waals surface area contributed by atoms with Gasteiger partial charge in [-0.25, -0.2) is 0 Å². The van der Waals surface area contributed by atoms with E-state index in [1.165, 1.54) is 18.2 Å². The average molecular weight is 251 g/mol. The normalized spacial score (nSPS) is 10.2. The van der Waals surface area contributed by atoms with Crippen molar-refractivity contribution in [3.05, 3.63) is 34.2 Å². The molecular formula is C12H17N3O3. The molecule has 1 aromatic rings. The second-order valence-corrected chi connectivity index (χ2v) is 4.16. The van der Waals surface area contributed by atoms with Gasteiger partial charge in [0.2, 0.25) is 11.5 Å². The van der Waals surface area contributed by atoms with Crippen LogP contribution in [0.2, 0.25) is 0 Å². The molecule has 0 aliphatic carbocycles. The summed E-state index contributed by atoms with van der Waals surface area (Å²) in [5, 5.41) is 5.28. The minimum atomic E-state index is -0.398. The number of aromatic nitrogens is 1. The van der Waals surface area contributed by atoms with E-state index in [0.29, 0.717) is 0 Å². The highest BCUT2D eigenvalue weighted by atomic mass is 16.2. The van der Waals surface area contributed by atoms with Crippen LogP contribution in [0.3, 0.4) is 0 Å². The monoisotopic (exact) mass is 251 g/mol. The minimum Gasteiger partial charge on any atom is -0.354 e. The summed E-state index contributed by atoms with van der Waals surface area (Å²) in [4.78, 5) is 36.3. The largest absolute Gasteiger partial charge is 0.354 e. The molecule has 1 aromatic heterocycles. The number of H-pyrrole nitrogens is 1. The predicted octanol–water partition coefficient (Wildman–Crippen LogP) is 0.0194. The lowest BCUT2D eigenvalue weighted by Gasteiger charge is -2.08. The second kappa shape index (κ2) is 6.58. The molecule has 98 valence electrons. The van der Waals surface area contributed by atoms with E-state index in [1.54, 1.807) is 0 Å². The lowest BCUT2D eigenvalue weighted by molar-refractivity contribution is -0.121. The Hall–Kier alpha value is -2.11. The lowest BCUT2D eigenvalue weighted by Crippen LogP contribution is -2.34. The van der Waals surface area contributed by atoms with Crippen LogP contribution >= 0.6 is 0 Å². The van der Waals surface area contributed by atoms with Gasteiger partial charge in [0.1, 0.15) is 5.69 Å². The molecule has 18 heavy (non-hydrogen) atoms. The highest BCUT2D eigenvalue weighted by Crippen LogP contribution is 1.90. The van der Waals surface area contributed by atoms with Crippen molar-refractivity contribution in [2.24, 2.45) is 0 Å². The fraction of sp³-hybridized carbons (Fsp3) is 0.417. The van der Waals surface area contributed by atoms with E-state index < -0.39 is 5.91 Å². The van der Waals surface area contributed by atoms with E-state index in [2.05, 4.69) is 15.6 Å². The van der Waals surface area contributed by atoms with Crippen molar-refractivity contribution >= 4 is 11.8 Å². The molecular weight excluding hydrogens is 234 g/mol. The van der Waals surface area contributed by atoms with E-state index in [-0.39, 0.29) is 36.2 Å². The van der Waals surface area contributed by atoms with Crippen molar-refractivity contribution in [2.75, 3.05) is 6.54 Å². The summed E-state index contributed by atoms with van der Waals surface area (Å²) in [6.07, 6.45) is 0.209. The van der Waals surface area contributed by atoms with Crippen molar-refractivity contribution in [2.45, 2.75) is 26.3 Å². The number of carbonyl (C=O) groups is 2. The van der Waals surface area contributed by atoms with Crippen molar-refractivity contribution in [3.63, 3.8) is 0 Å². The summed E-state index contributed by atoms with van der Waals surface area (Å²) in [6.45, 7) is 3.96. The third-order valence-corrected chi connectivity index (χ3v) is 2.10. The first kappa shape index (κ1) is 14.0. The zero-order valence-corrected chi connectivity index (χ0v) is 10.4. The van der Waals surface area contributed by atoms with Crippen molar-refractivity contribution < 1.29 is 9.59 Å². The molecule has 1 rings (SSSR count). The number of hydrogen-bond donors (Lipinski definition) is 3. The highest BCUT2D eigenvalue weighted by Gasteiger charge is 2.07. The smallest absolute Gasteiger partial charge is 0.267 e. The van der Waals surface area contributed by atoms with Crippen LogP contribution in [0.5, 0.6) is 0 Å². The molecule has 0 spiro atoms. The van der Waals surface area contributed by atoms with Gasteiger partial charge in [-0.15, -0.1) is 0 Å². The van der Waals surface area contributed by atoms with Gasteiger partial charge in [-0.05, 0) is 19.9 Å². The fourth-order valence-corrected chi connectivity index (χ4v) is 1.36. The van der Waals surface area contributed by atoms with Crippen molar-refractivity contribution in [1.82, 2.24) is 15.6 Å². The topological polar surface area (TPSA) is 91.1 Å². The van der Waals surface area contributed by atoms with E-state index in [4.69, 9.17) is 0 Å². The Morgan fingerprint density at radius 2 is 2.06 bits per heavy atom. The number of pyridine rings is 1. The third-order valence-electron chi connectivity index (χ3n) is 2.10. The molecule has 0 aliphatic heterocycles. The fourth-order valence-electron chi connectivity index (χ4n) is 1.36. The van der Waals surface area contributed by atoms with Gasteiger partial charge in [0.15, 0.2) is 0 Å². The zero-order valence-electron chi connectivity index (χ0n) is 10.4. The Bertz CT molecular complexity index is 479. The average Bonchev–Trinajstić information content (AvgIpc) is 2.27. The van der Waals surface area contributed by atoms with Crippen LogP contribution < -0.4 is 16.2 Å². The quantitative estimate of drug-likeness (QED) is 0.689. The first-order chi connectivity index (χ1) is 8.49. The van der Waals surface area contributed by atoms with E-state index in [1.807, 2.05) is 13.8 Å².